The highest BCUT2D eigenvalue weighted by Crippen LogP contribution is 2.41. The van der Waals surface area contributed by atoms with Gasteiger partial charge >= 0.3 is 6.01 Å². The second-order valence-electron chi connectivity index (χ2n) is 12.5. The Hall–Kier alpha value is -3.78. The molecule has 0 saturated carbocycles. The molecule has 45 heavy (non-hydrogen) atoms. The maximum absolute atomic E-state index is 13.9. The highest BCUT2D eigenvalue weighted by molar-refractivity contribution is 6.35. The topological polar surface area (TPSA) is 75.4 Å². The molecule has 1 aromatic heterocycles. The van der Waals surface area contributed by atoms with Crippen LogP contribution in [0.5, 0.6) is 6.01 Å². The zero-order chi connectivity index (χ0) is 31.1. The van der Waals surface area contributed by atoms with Crippen LogP contribution in [0.4, 0.5) is 10.2 Å². The third kappa shape index (κ3) is 5.51. The predicted molar refractivity (Wildman–Crippen MR) is 170 cm³/mol. The van der Waals surface area contributed by atoms with Crippen molar-refractivity contribution in [2.45, 2.75) is 56.4 Å². The molecular formula is C34H36ClFN6O3. The molecule has 7 rings (SSSR count). The maximum atomic E-state index is 13.9. The number of hydrogen-bond donors (Lipinski definition) is 0. The minimum Gasteiger partial charge on any atom is -0.461 e. The Kier molecular flexibility index (Phi) is 8.11. The van der Waals surface area contributed by atoms with Crippen molar-refractivity contribution in [2.75, 3.05) is 50.8 Å². The van der Waals surface area contributed by atoms with Crippen LogP contribution in [0.2, 0.25) is 5.02 Å². The Labute approximate surface area is 267 Å². The number of fused-ring (bicyclic) bond motifs is 3. The van der Waals surface area contributed by atoms with Gasteiger partial charge in [0.25, 0.3) is 5.91 Å². The normalized spacial score (nSPS) is 22.6. The lowest BCUT2D eigenvalue weighted by atomic mass is 9.94. The number of amides is 1. The second-order valence-corrected chi connectivity index (χ2v) is 12.9. The first-order valence-corrected chi connectivity index (χ1v) is 16.0. The monoisotopic (exact) mass is 630 g/mol. The molecule has 9 nitrogen and oxygen atoms in total. The van der Waals surface area contributed by atoms with E-state index in [1.165, 1.54) is 17.7 Å². The number of anilines is 1. The zero-order valence-electron chi connectivity index (χ0n) is 25.2. The van der Waals surface area contributed by atoms with Gasteiger partial charge in [0.1, 0.15) is 18.5 Å². The fourth-order valence-corrected chi connectivity index (χ4v) is 8.03. The lowest BCUT2D eigenvalue weighted by Crippen LogP contribution is -2.57. The first-order chi connectivity index (χ1) is 21.9. The van der Waals surface area contributed by atoms with Crippen molar-refractivity contribution in [3.8, 4) is 6.01 Å². The molecule has 2 aromatic carbocycles. The first-order valence-electron chi connectivity index (χ1n) is 15.7. The van der Waals surface area contributed by atoms with Crippen LogP contribution in [0.15, 0.2) is 48.8 Å². The number of rotatable bonds is 7. The van der Waals surface area contributed by atoms with Gasteiger partial charge in [-0.15, -0.1) is 0 Å². The van der Waals surface area contributed by atoms with Gasteiger partial charge in [0.2, 0.25) is 6.54 Å². The molecule has 0 aliphatic carbocycles. The predicted octanol–water partition coefficient (Wildman–Crippen LogP) is 5.52. The summed E-state index contributed by atoms with van der Waals surface area (Å²) in [6, 6.07) is 11.8. The van der Waals surface area contributed by atoms with Crippen LogP contribution >= 0.6 is 11.6 Å². The van der Waals surface area contributed by atoms with E-state index in [-0.39, 0.29) is 31.3 Å². The van der Waals surface area contributed by atoms with Crippen molar-refractivity contribution >= 4 is 34.1 Å². The molecule has 0 radical (unpaired) electrons. The number of aromatic nitrogens is 2. The van der Waals surface area contributed by atoms with Gasteiger partial charge in [0.05, 0.1) is 23.9 Å². The first kappa shape index (κ1) is 29.9. The molecule has 3 aromatic rings. The van der Waals surface area contributed by atoms with Gasteiger partial charge < -0.3 is 24.1 Å². The average molecular weight is 631 g/mol. The van der Waals surface area contributed by atoms with E-state index in [0.29, 0.717) is 43.0 Å². The summed E-state index contributed by atoms with van der Waals surface area (Å²) in [4.78, 5) is 32.0. The van der Waals surface area contributed by atoms with Crippen LogP contribution in [0, 0.1) is 6.57 Å². The lowest BCUT2D eigenvalue weighted by molar-refractivity contribution is -0.131. The third-order valence-corrected chi connectivity index (χ3v) is 10.3. The Morgan fingerprint density at radius 3 is 2.69 bits per heavy atom. The second kappa shape index (κ2) is 12.2. The van der Waals surface area contributed by atoms with Crippen LogP contribution in [-0.2, 0) is 22.6 Å². The van der Waals surface area contributed by atoms with Gasteiger partial charge in [-0.05, 0) is 55.8 Å². The number of halogens is 2. The van der Waals surface area contributed by atoms with Crippen LogP contribution in [0.3, 0.4) is 0 Å². The van der Waals surface area contributed by atoms with Crippen molar-refractivity contribution in [1.82, 2.24) is 19.8 Å². The SMILES string of the molecule is [C-]#[N+]C[C@H]1CN(c2nc(OCC34CCCN3CCC4)nc3c2CO[C@@H](c2cccc4cccc(Cl)c24)C3)CCN1C(=O)C(=C)F. The Bertz CT molecular complexity index is 1680. The molecule has 5 heterocycles. The Morgan fingerprint density at radius 1 is 1.16 bits per heavy atom. The number of benzene rings is 2. The molecule has 234 valence electrons. The lowest BCUT2D eigenvalue weighted by Gasteiger charge is -2.40. The highest BCUT2D eigenvalue weighted by Gasteiger charge is 2.45. The van der Waals surface area contributed by atoms with Crippen molar-refractivity contribution in [3.05, 3.63) is 82.1 Å². The molecular weight excluding hydrogens is 595 g/mol. The van der Waals surface area contributed by atoms with Crippen molar-refractivity contribution in [1.29, 1.82) is 0 Å². The summed E-state index contributed by atoms with van der Waals surface area (Å²) in [5.74, 6) is -1.11. The largest absolute Gasteiger partial charge is 0.461 e. The number of piperazine rings is 1. The van der Waals surface area contributed by atoms with Crippen LogP contribution in [-0.4, -0.2) is 83.1 Å². The molecule has 0 spiro atoms. The zero-order valence-corrected chi connectivity index (χ0v) is 25.9. The van der Waals surface area contributed by atoms with E-state index in [2.05, 4.69) is 27.3 Å². The molecule has 3 fully saturated rings. The molecule has 0 N–H and O–H groups in total. The van der Waals surface area contributed by atoms with Crippen LogP contribution in [0.25, 0.3) is 15.6 Å². The highest BCUT2D eigenvalue weighted by atomic mass is 35.5. The minimum absolute atomic E-state index is 0.0340. The summed E-state index contributed by atoms with van der Waals surface area (Å²) < 4.78 is 26.8. The molecule has 4 aliphatic heterocycles. The van der Waals surface area contributed by atoms with E-state index in [1.807, 2.05) is 30.3 Å². The van der Waals surface area contributed by atoms with Crippen LogP contribution < -0.4 is 9.64 Å². The standard InChI is InChI=1S/C34H36ClFN6O3/c1-22(36)32(43)42-16-15-40(19-24(42)18-37-2)31-26-20-44-29(25-9-3-7-23-8-4-10-27(35)30(23)25)17-28(26)38-33(39-31)45-21-34-11-5-13-41(34)14-6-12-34/h3-4,7-10,24,29H,1,5-6,11-21H2/t24-,29+/m0/s1. The van der Waals surface area contributed by atoms with Crippen molar-refractivity contribution in [2.24, 2.45) is 0 Å². The maximum Gasteiger partial charge on any atom is 0.318 e. The molecule has 11 heteroatoms. The number of nitrogens with zero attached hydrogens (tertiary/aromatic N) is 6. The van der Waals surface area contributed by atoms with Gasteiger partial charge in [-0.2, -0.15) is 9.97 Å². The van der Waals surface area contributed by atoms with Gasteiger partial charge in [-0.3, -0.25) is 9.69 Å². The van der Waals surface area contributed by atoms with Gasteiger partial charge in [0.15, 0.2) is 5.83 Å². The summed E-state index contributed by atoms with van der Waals surface area (Å²) in [7, 11) is 0. The van der Waals surface area contributed by atoms with E-state index in [4.69, 9.17) is 37.6 Å². The van der Waals surface area contributed by atoms with E-state index >= 15 is 0 Å². The summed E-state index contributed by atoms with van der Waals surface area (Å²) in [6.45, 7) is 14.7. The van der Waals surface area contributed by atoms with E-state index in [0.717, 1.165) is 53.5 Å². The number of carbonyl (C=O) groups is 1. The Balaban J connectivity index is 1.23. The average Bonchev–Trinajstić information content (AvgIpc) is 3.63. The number of hydrogen-bond acceptors (Lipinski definition) is 7. The minimum atomic E-state index is -1.02. The quantitative estimate of drug-likeness (QED) is 0.251. The van der Waals surface area contributed by atoms with Gasteiger partial charge in [0, 0.05) is 42.0 Å². The van der Waals surface area contributed by atoms with E-state index in [1.54, 1.807) is 0 Å². The molecule has 1 amide bonds. The third-order valence-electron chi connectivity index (χ3n) is 9.95. The molecule has 3 saturated heterocycles. The summed E-state index contributed by atoms with van der Waals surface area (Å²) in [6.07, 6.45) is 4.80. The summed E-state index contributed by atoms with van der Waals surface area (Å²) >= 11 is 6.68. The molecule has 0 bridgehead atoms. The smallest absolute Gasteiger partial charge is 0.318 e. The molecule has 2 atom stereocenters. The molecule has 4 aliphatic rings. The number of ether oxygens (including phenoxy) is 2. The fourth-order valence-electron chi connectivity index (χ4n) is 7.74. The number of carbonyl (C=O) groups excluding carboxylic acids is 1. The summed E-state index contributed by atoms with van der Waals surface area (Å²) in [5.41, 5.74) is 2.75. The van der Waals surface area contributed by atoms with Gasteiger partial charge in [-0.25, -0.2) is 11.0 Å². The van der Waals surface area contributed by atoms with E-state index in [9.17, 15) is 9.18 Å². The summed E-state index contributed by atoms with van der Waals surface area (Å²) in [5, 5.41) is 2.70. The fraction of sp³-hybridized carbons (Fsp3) is 0.471. The van der Waals surface area contributed by atoms with Gasteiger partial charge in [-0.1, -0.05) is 48.5 Å². The molecule has 0 unspecified atom stereocenters. The Morgan fingerprint density at radius 2 is 1.93 bits per heavy atom. The van der Waals surface area contributed by atoms with Crippen LogP contribution in [0.1, 0.15) is 48.6 Å². The van der Waals surface area contributed by atoms with E-state index < -0.39 is 17.8 Å². The van der Waals surface area contributed by atoms with Crippen molar-refractivity contribution in [3.63, 3.8) is 0 Å². The van der Waals surface area contributed by atoms with Crippen molar-refractivity contribution < 1.29 is 18.7 Å².